The Bertz CT molecular complexity index is 215. The highest BCUT2D eigenvalue weighted by Gasteiger charge is 2.16. The number of morpholine rings is 1. The van der Waals surface area contributed by atoms with Crippen LogP contribution >= 0.6 is 15.9 Å². The van der Waals surface area contributed by atoms with Crippen LogP contribution in [0.15, 0.2) is 11.1 Å². The molecule has 1 fully saturated rings. The second-order valence-corrected chi connectivity index (χ2v) is 4.35. The number of carbonyl (C=O) groups excluding carboxylic acids is 1. The van der Waals surface area contributed by atoms with Crippen LogP contribution in [-0.2, 0) is 9.53 Å². The molecule has 80 valence electrons. The van der Waals surface area contributed by atoms with Crippen LogP contribution in [0.25, 0.3) is 0 Å². The molecular formula is C9H15BrN2O2. The largest absolute Gasteiger partial charge is 0.378 e. The van der Waals surface area contributed by atoms with Crippen molar-refractivity contribution < 1.29 is 9.53 Å². The van der Waals surface area contributed by atoms with Gasteiger partial charge in [-0.2, -0.15) is 0 Å². The summed E-state index contributed by atoms with van der Waals surface area (Å²) in [5.41, 5.74) is 0. The SMILES string of the molecule is C=C(Br)CNC(=O)CC1COCCN1. The minimum absolute atomic E-state index is 0.0219. The van der Waals surface area contributed by atoms with E-state index in [1.807, 2.05) is 0 Å². The summed E-state index contributed by atoms with van der Waals surface area (Å²) in [6.45, 7) is 6.28. The molecule has 0 aromatic rings. The van der Waals surface area contributed by atoms with Gasteiger partial charge in [-0.05, 0) is 0 Å². The zero-order chi connectivity index (χ0) is 10.4. The normalized spacial score (nSPS) is 21.6. The molecule has 1 unspecified atom stereocenters. The maximum atomic E-state index is 11.3. The van der Waals surface area contributed by atoms with E-state index in [1.165, 1.54) is 0 Å². The van der Waals surface area contributed by atoms with Gasteiger partial charge in [0.2, 0.25) is 5.91 Å². The lowest BCUT2D eigenvalue weighted by Gasteiger charge is -2.23. The molecule has 0 aromatic carbocycles. The Morgan fingerprint density at radius 2 is 2.50 bits per heavy atom. The van der Waals surface area contributed by atoms with Gasteiger partial charge in [0.25, 0.3) is 0 Å². The predicted molar refractivity (Wildman–Crippen MR) is 58.3 cm³/mol. The third kappa shape index (κ3) is 4.74. The minimum atomic E-state index is 0.0219. The smallest absolute Gasteiger partial charge is 0.221 e. The van der Waals surface area contributed by atoms with Gasteiger partial charge in [0.15, 0.2) is 0 Å². The van der Waals surface area contributed by atoms with Crippen LogP contribution in [0.5, 0.6) is 0 Å². The van der Waals surface area contributed by atoms with Crippen molar-refractivity contribution in [2.24, 2.45) is 0 Å². The monoisotopic (exact) mass is 262 g/mol. The van der Waals surface area contributed by atoms with Gasteiger partial charge < -0.3 is 15.4 Å². The van der Waals surface area contributed by atoms with Gasteiger partial charge in [0.1, 0.15) is 0 Å². The Kier molecular flexibility index (Phi) is 5.14. The standard InChI is InChI=1S/C9H15BrN2O2/c1-7(10)5-12-9(13)4-8-6-14-3-2-11-8/h8,11H,1-6H2,(H,12,13). The Balaban J connectivity index is 2.15. The van der Waals surface area contributed by atoms with Gasteiger partial charge >= 0.3 is 0 Å². The molecule has 0 aliphatic carbocycles. The van der Waals surface area contributed by atoms with E-state index in [-0.39, 0.29) is 11.9 Å². The van der Waals surface area contributed by atoms with Crippen molar-refractivity contribution in [2.75, 3.05) is 26.3 Å². The fraction of sp³-hybridized carbons (Fsp3) is 0.667. The zero-order valence-electron chi connectivity index (χ0n) is 8.01. The van der Waals surface area contributed by atoms with Gasteiger partial charge in [0, 0.05) is 30.0 Å². The van der Waals surface area contributed by atoms with Crippen molar-refractivity contribution in [3.63, 3.8) is 0 Å². The quantitative estimate of drug-likeness (QED) is 0.771. The molecule has 0 radical (unpaired) electrons. The van der Waals surface area contributed by atoms with E-state index < -0.39 is 0 Å². The second-order valence-electron chi connectivity index (χ2n) is 3.22. The van der Waals surface area contributed by atoms with Crippen molar-refractivity contribution in [3.8, 4) is 0 Å². The summed E-state index contributed by atoms with van der Waals surface area (Å²) < 4.78 is 6.02. The summed E-state index contributed by atoms with van der Waals surface area (Å²) in [7, 11) is 0. The number of halogens is 1. The van der Waals surface area contributed by atoms with Gasteiger partial charge in [-0.15, -0.1) is 0 Å². The van der Waals surface area contributed by atoms with Gasteiger partial charge in [-0.3, -0.25) is 4.79 Å². The summed E-state index contributed by atoms with van der Waals surface area (Å²) in [4.78, 5) is 11.3. The third-order valence-corrected chi connectivity index (χ3v) is 2.19. The number of hydrogen-bond donors (Lipinski definition) is 2. The highest BCUT2D eigenvalue weighted by Crippen LogP contribution is 2.00. The molecule has 0 bridgehead atoms. The average molecular weight is 263 g/mol. The van der Waals surface area contributed by atoms with Crippen LogP contribution in [0, 0.1) is 0 Å². The fourth-order valence-electron chi connectivity index (χ4n) is 1.24. The van der Waals surface area contributed by atoms with Crippen molar-refractivity contribution in [1.29, 1.82) is 0 Å². The maximum absolute atomic E-state index is 11.3. The Morgan fingerprint density at radius 1 is 1.71 bits per heavy atom. The Labute approximate surface area is 92.2 Å². The first-order valence-corrected chi connectivity index (χ1v) is 5.39. The van der Waals surface area contributed by atoms with E-state index in [2.05, 4.69) is 33.1 Å². The summed E-state index contributed by atoms with van der Waals surface area (Å²) in [6.07, 6.45) is 0.459. The molecule has 1 atom stereocenters. The Morgan fingerprint density at radius 3 is 3.07 bits per heavy atom. The molecule has 1 saturated heterocycles. The van der Waals surface area contributed by atoms with E-state index in [0.29, 0.717) is 19.6 Å². The van der Waals surface area contributed by atoms with E-state index in [1.54, 1.807) is 0 Å². The summed E-state index contributed by atoms with van der Waals surface area (Å²) in [5.74, 6) is 0.0219. The molecule has 1 heterocycles. The van der Waals surface area contributed by atoms with Gasteiger partial charge in [0.05, 0.1) is 13.2 Å². The van der Waals surface area contributed by atoms with Crippen LogP contribution in [0.2, 0.25) is 0 Å². The predicted octanol–water partition coefficient (Wildman–Crippen LogP) is 0.390. The number of hydrogen-bond acceptors (Lipinski definition) is 3. The number of ether oxygens (including phenoxy) is 1. The highest BCUT2D eigenvalue weighted by molar-refractivity contribution is 9.11. The zero-order valence-corrected chi connectivity index (χ0v) is 9.60. The van der Waals surface area contributed by atoms with Crippen molar-refractivity contribution >= 4 is 21.8 Å². The fourth-order valence-corrected chi connectivity index (χ4v) is 1.38. The molecule has 5 heteroatoms. The van der Waals surface area contributed by atoms with Crippen LogP contribution in [0.1, 0.15) is 6.42 Å². The molecule has 1 amide bonds. The number of amides is 1. The lowest BCUT2D eigenvalue weighted by Crippen LogP contribution is -2.44. The van der Waals surface area contributed by atoms with Gasteiger partial charge in [-0.25, -0.2) is 0 Å². The molecular weight excluding hydrogens is 248 g/mol. The van der Waals surface area contributed by atoms with E-state index in [4.69, 9.17) is 4.74 Å². The topological polar surface area (TPSA) is 50.4 Å². The number of rotatable bonds is 4. The lowest BCUT2D eigenvalue weighted by atomic mass is 10.2. The number of carbonyl (C=O) groups is 1. The molecule has 1 aliphatic rings. The molecule has 4 nitrogen and oxygen atoms in total. The first-order valence-electron chi connectivity index (χ1n) is 4.59. The van der Waals surface area contributed by atoms with Crippen LogP contribution in [-0.4, -0.2) is 38.3 Å². The van der Waals surface area contributed by atoms with Gasteiger partial charge in [-0.1, -0.05) is 22.5 Å². The van der Waals surface area contributed by atoms with E-state index in [0.717, 1.165) is 17.6 Å². The molecule has 0 spiro atoms. The summed E-state index contributed by atoms with van der Waals surface area (Å²) >= 11 is 3.18. The molecule has 0 aromatic heterocycles. The first-order chi connectivity index (χ1) is 6.68. The van der Waals surface area contributed by atoms with Crippen LogP contribution in [0.3, 0.4) is 0 Å². The molecule has 14 heavy (non-hydrogen) atoms. The third-order valence-electron chi connectivity index (χ3n) is 1.91. The first kappa shape index (κ1) is 11.7. The number of nitrogens with one attached hydrogen (secondary N) is 2. The summed E-state index contributed by atoms with van der Waals surface area (Å²) in [6, 6.07) is 0.146. The van der Waals surface area contributed by atoms with Crippen molar-refractivity contribution in [2.45, 2.75) is 12.5 Å². The summed E-state index contributed by atoms with van der Waals surface area (Å²) in [5, 5.41) is 5.97. The van der Waals surface area contributed by atoms with Crippen LogP contribution in [0.4, 0.5) is 0 Å². The maximum Gasteiger partial charge on any atom is 0.221 e. The van der Waals surface area contributed by atoms with E-state index in [9.17, 15) is 4.79 Å². The van der Waals surface area contributed by atoms with Crippen molar-refractivity contribution in [3.05, 3.63) is 11.1 Å². The molecule has 1 rings (SSSR count). The average Bonchev–Trinajstić information content (AvgIpc) is 2.16. The lowest BCUT2D eigenvalue weighted by molar-refractivity contribution is -0.122. The minimum Gasteiger partial charge on any atom is -0.378 e. The Hall–Kier alpha value is -0.390. The van der Waals surface area contributed by atoms with Crippen molar-refractivity contribution in [1.82, 2.24) is 10.6 Å². The second kappa shape index (κ2) is 6.16. The molecule has 2 N–H and O–H groups in total. The molecule has 0 saturated carbocycles. The molecule has 1 aliphatic heterocycles. The van der Waals surface area contributed by atoms with E-state index >= 15 is 0 Å². The van der Waals surface area contributed by atoms with Crippen LogP contribution < -0.4 is 10.6 Å². The highest BCUT2D eigenvalue weighted by atomic mass is 79.9.